The molecule has 3 aromatic rings. The Bertz CT molecular complexity index is 1350. The van der Waals surface area contributed by atoms with Gasteiger partial charge in [-0.3, -0.25) is 0 Å². The molecule has 3 fully saturated rings. The van der Waals surface area contributed by atoms with E-state index in [9.17, 15) is 4.79 Å². The molecule has 2 saturated carbocycles. The maximum Gasteiger partial charge on any atom is 0.460 e. The van der Waals surface area contributed by atoms with Crippen LogP contribution in [0.15, 0.2) is 9.32 Å². The Morgan fingerprint density at radius 2 is 1.85 bits per heavy atom. The molecule has 11 heteroatoms. The lowest BCUT2D eigenvalue weighted by Gasteiger charge is -2.38. The lowest BCUT2D eigenvalue weighted by atomic mass is 9.80. The van der Waals surface area contributed by atoms with E-state index in [1.165, 1.54) is 44.9 Å². The molecule has 1 saturated heterocycles. The Morgan fingerprint density at radius 1 is 1.05 bits per heavy atom. The minimum atomic E-state index is -0.696. The van der Waals surface area contributed by atoms with Crippen molar-refractivity contribution in [3.8, 4) is 11.6 Å². The summed E-state index contributed by atoms with van der Waals surface area (Å²) in [6.45, 7) is 12.2. The maximum atomic E-state index is 11.7. The second-order valence-electron chi connectivity index (χ2n) is 12.8. The summed E-state index contributed by atoms with van der Waals surface area (Å²) < 4.78 is 13.2. The Hall–Kier alpha value is -2.95. The number of hydrogen-bond donors (Lipinski definition) is 2. The third kappa shape index (κ3) is 5.62. The molecule has 2 atom stereocenters. The normalized spacial score (nSPS) is 24.9. The molecule has 6 rings (SSSR count). The van der Waals surface area contributed by atoms with Gasteiger partial charge in [-0.15, -0.1) is 4.98 Å². The molecular formula is C29H44N8O3. The summed E-state index contributed by atoms with van der Waals surface area (Å²) in [7, 11) is 0. The SMILES string of the molecule is CC(C)CC1COCCN1c1nc2nc(-c3nc(=O)o[nH]3)nc(N[C@H](C)C3CCC3)c2n1C[C@H]1CC[C@H](C)CC1. The molecule has 0 bridgehead atoms. The largest absolute Gasteiger partial charge is 0.460 e. The highest BCUT2D eigenvalue weighted by Crippen LogP contribution is 2.37. The van der Waals surface area contributed by atoms with Crippen molar-refractivity contribution < 1.29 is 9.26 Å². The second-order valence-corrected chi connectivity index (χ2v) is 12.8. The third-order valence-electron chi connectivity index (χ3n) is 9.26. The van der Waals surface area contributed by atoms with Crippen molar-refractivity contribution in [1.82, 2.24) is 29.7 Å². The van der Waals surface area contributed by atoms with Crippen molar-refractivity contribution in [2.45, 2.75) is 97.7 Å². The van der Waals surface area contributed by atoms with Gasteiger partial charge in [-0.1, -0.05) is 40.0 Å². The van der Waals surface area contributed by atoms with Crippen molar-refractivity contribution in [1.29, 1.82) is 0 Å². The van der Waals surface area contributed by atoms with E-state index in [1.54, 1.807) is 0 Å². The van der Waals surface area contributed by atoms with Crippen molar-refractivity contribution in [2.24, 2.45) is 23.7 Å². The van der Waals surface area contributed by atoms with E-state index in [2.05, 4.69) is 52.6 Å². The Labute approximate surface area is 235 Å². The number of imidazole rings is 1. The molecule has 0 radical (unpaired) electrons. The van der Waals surface area contributed by atoms with Crippen LogP contribution in [0.1, 0.15) is 79.1 Å². The molecule has 2 N–H and O–H groups in total. The number of aromatic nitrogens is 6. The monoisotopic (exact) mass is 552 g/mol. The van der Waals surface area contributed by atoms with Gasteiger partial charge in [-0.25, -0.2) is 14.8 Å². The van der Waals surface area contributed by atoms with Crippen LogP contribution < -0.4 is 16.0 Å². The quantitative estimate of drug-likeness (QED) is 0.383. The van der Waals surface area contributed by atoms with Gasteiger partial charge in [-0.05, 0) is 62.7 Å². The van der Waals surface area contributed by atoms with Crippen LogP contribution in [0, 0.1) is 23.7 Å². The minimum absolute atomic E-state index is 0.215. The molecule has 3 aromatic heterocycles. The standard InChI is InChI=1S/C29H44N8O3/c1-17(2)14-22-16-39-13-12-36(22)28-33-25-23(37(28)15-20-10-8-18(3)9-11-20)24(30-19(4)21-6-5-7-21)31-26(32-25)27-34-29(38)40-35-27/h17-22H,5-16H2,1-4H3,(H,30,31,32)(H,34,35,38)/t18-,19-,20-,22?/m1/s1. The van der Waals surface area contributed by atoms with E-state index in [1.807, 2.05) is 0 Å². The molecule has 4 heterocycles. The van der Waals surface area contributed by atoms with Crippen LogP contribution >= 0.6 is 0 Å². The van der Waals surface area contributed by atoms with Gasteiger partial charge in [0.1, 0.15) is 5.52 Å². The fraction of sp³-hybridized carbons (Fsp3) is 0.759. The molecule has 0 aromatic carbocycles. The lowest BCUT2D eigenvalue weighted by molar-refractivity contribution is 0.0863. The van der Waals surface area contributed by atoms with E-state index in [4.69, 9.17) is 24.2 Å². The number of fused-ring (bicyclic) bond motifs is 1. The molecule has 0 amide bonds. The fourth-order valence-corrected chi connectivity index (χ4v) is 6.65. The van der Waals surface area contributed by atoms with Crippen molar-refractivity contribution >= 4 is 22.9 Å². The Balaban J connectivity index is 1.48. The van der Waals surface area contributed by atoms with Gasteiger partial charge in [0.15, 0.2) is 11.5 Å². The molecule has 218 valence electrons. The average molecular weight is 553 g/mol. The predicted octanol–water partition coefficient (Wildman–Crippen LogP) is 4.85. The van der Waals surface area contributed by atoms with Gasteiger partial charge in [0.25, 0.3) is 0 Å². The highest BCUT2D eigenvalue weighted by molar-refractivity contribution is 5.87. The number of anilines is 2. The summed E-state index contributed by atoms with van der Waals surface area (Å²) in [4.78, 5) is 33.1. The summed E-state index contributed by atoms with van der Waals surface area (Å²) in [5.41, 5.74) is 1.55. The first-order valence-corrected chi connectivity index (χ1v) is 15.3. The maximum absolute atomic E-state index is 11.7. The van der Waals surface area contributed by atoms with Gasteiger partial charge in [0, 0.05) is 19.1 Å². The molecular weight excluding hydrogens is 508 g/mol. The van der Waals surface area contributed by atoms with E-state index < -0.39 is 5.76 Å². The number of nitrogens with one attached hydrogen (secondary N) is 2. The zero-order chi connectivity index (χ0) is 27.8. The highest BCUT2D eigenvalue weighted by atomic mass is 16.5. The highest BCUT2D eigenvalue weighted by Gasteiger charge is 2.33. The summed E-state index contributed by atoms with van der Waals surface area (Å²) >= 11 is 0. The van der Waals surface area contributed by atoms with Crippen molar-refractivity contribution in [2.75, 3.05) is 30.0 Å². The summed E-state index contributed by atoms with van der Waals surface area (Å²) in [5.74, 6) is 4.06. The number of hydrogen-bond acceptors (Lipinski definition) is 9. The molecule has 3 aliphatic rings. The first kappa shape index (κ1) is 27.2. The van der Waals surface area contributed by atoms with Gasteiger partial charge < -0.3 is 24.0 Å². The topological polar surface area (TPSA) is 127 Å². The van der Waals surface area contributed by atoms with Crippen LogP contribution in [0.25, 0.3) is 22.8 Å². The van der Waals surface area contributed by atoms with Gasteiger partial charge >= 0.3 is 5.76 Å². The summed E-state index contributed by atoms with van der Waals surface area (Å²) in [6.07, 6.45) is 9.73. The number of H-pyrrole nitrogens is 1. The number of morpholine rings is 1. The number of ether oxygens (including phenoxy) is 1. The molecule has 1 aliphatic heterocycles. The molecule has 40 heavy (non-hydrogen) atoms. The minimum Gasteiger partial charge on any atom is -0.377 e. The van der Waals surface area contributed by atoms with E-state index in [0.29, 0.717) is 42.4 Å². The van der Waals surface area contributed by atoms with Gasteiger partial charge in [0.05, 0.1) is 19.3 Å². The van der Waals surface area contributed by atoms with Crippen LogP contribution in [-0.2, 0) is 11.3 Å². The van der Waals surface area contributed by atoms with Crippen LogP contribution in [0.4, 0.5) is 11.8 Å². The predicted molar refractivity (Wildman–Crippen MR) is 154 cm³/mol. The zero-order valence-corrected chi connectivity index (χ0v) is 24.4. The first-order valence-electron chi connectivity index (χ1n) is 15.3. The van der Waals surface area contributed by atoms with Gasteiger partial charge in [0.2, 0.25) is 17.6 Å². The smallest absolute Gasteiger partial charge is 0.377 e. The van der Waals surface area contributed by atoms with Crippen LogP contribution in [0.2, 0.25) is 0 Å². The number of aromatic amines is 1. The summed E-state index contributed by atoms with van der Waals surface area (Å²) in [5, 5.41) is 6.33. The van der Waals surface area contributed by atoms with Crippen molar-refractivity contribution in [3.63, 3.8) is 0 Å². The zero-order valence-electron chi connectivity index (χ0n) is 24.4. The number of nitrogens with zero attached hydrogens (tertiary/aromatic N) is 6. The summed E-state index contributed by atoms with van der Waals surface area (Å²) in [6, 6.07) is 0.510. The first-order chi connectivity index (χ1) is 19.4. The average Bonchev–Trinajstić information content (AvgIpc) is 3.48. The Kier molecular flexibility index (Phi) is 7.83. The van der Waals surface area contributed by atoms with E-state index >= 15 is 0 Å². The molecule has 0 spiro atoms. The van der Waals surface area contributed by atoms with Crippen LogP contribution in [0.3, 0.4) is 0 Å². The van der Waals surface area contributed by atoms with Crippen LogP contribution in [0.5, 0.6) is 0 Å². The molecule has 11 nitrogen and oxygen atoms in total. The fourth-order valence-electron chi connectivity index (χ4n) is 6.65. The van der Waals surface area contributed by atoms with E-state index in [-0.39, 0.29) is 17.9 Å². The van der Waals surface area contributed by atoms with Gasteiger partial charge in [-0.2, -0.15) is 10.1 Å². The third-order valence-corrected chi connectivity index (χ3v) is 9.26. The lowest BCUT2D eigenvalue weighted by Crippen LogP contribution is -2.47. The van der Waals surface area contributed by atoms with E-state index in [0.717, 1.165) is 42.7 Å². The Morgan fingerprint density at radius 3 is 2.52 bits per heavy atom. The molecule has 2 aliphatic carbocycles. The van der Waals surface area contributed by atoms with Crippen molar-refractivity contribution in [3.05, 3.63) is 10.6 Å². The second kappa shape index (κ2) is 11.5. The number of rotatable bonds is 9. The molecule has 1 unspecified atom stereocenters. The van der Waals surface area contributed by atoms with Crippen LogP contribution in [-0.4, -0.2) is 61.5 Å².